The molecule has 0 spiro atoms. The highest BCUT2D eigenvalue weighted by Gasteiger charge is 2.66. The molecule has 4 rings (SSSR count). The number of rotatable bonds is 2. The Kier molecular flexibility index (Phi) is 2.21. The summed E-state index contributed by atoms with van der Waals surface area (Å²) in [4.78, 5) is 0. The van der Waals surface area contributed by atoms with Crippen molar-refractivity contribution in [3.05, 3.63) is 34.9 Å². The Morgan fingerprint density at radius 2 is 1.72 bits per heavy atom. The van der Waals surface area contributed by atoms with Crippen LogP contribution in [0, 0.1) is 43.4 Å². The molecule has 0 amide bonds. The molecule has 96 valence electrons. The van der Waals surface area contributed by atoms with E-state index in [1.165, 1.54) is 30.4 Å². The number of aliphatic hydroxyl groups is 1. The molecule has 1 N–H and O–H groups in total. The molecule has 3 saturated carbocycles. The average Bonchev–Trinajstić information content (AvgIpc) is 2.80. The predicted octanol–water partition coefficient (Wildman–Crippen LogP) is 3.63. The van der Waals surface area contributed by atoms with Crippen molar-refractivity contribution < 1.29 is 5.11 Å². The first kappa shape index (κ1) is 11.0. The van der Waals surface area contributed by atoms with E-state index in [0.717, 1.165) is 29.2 Å². The molecule has 0 saturated heterocycles. The topological polar surface area (TPSA) is 20.2 Å². The molecule has 3 aliphatic rings. The molecular formula is C17H22O. The van der Waals surface area contributed by atoms with Crippen molar-refractivity contribution in [2.24, 2.45) is 29.6 Å². The van der Waals surface area contributed by atoms with Crippen LogP contribution in [0.1, 0.15) is 42.1 Å². The third kappa shape index (κ3) is 1.37. The predicted molar refractivity (Wildman–Crippen MR) is 72.2 cm³/mol. The van der Waals surface area contributed by atoms with Gasteiger partial charge in [-0.25, -0.2) is 0 Å². The zero-order valence-corrected chi connectivity index (χ0v) is 11.3. The maximum Gasteiger partial charge on any atom is 0.0824 e. The maximum atomic E-state index is 10.6. The van der Waals surface area contributed by atoms with E-state index in [4.69, 9.17) is 0 Å². The maximum absolute atomic E-state index is 10.6. The summed E-state index contributed by atoms with van der Waals surface area (Å²) >= 11 is 0. The van der Waals surface area contributed by atoms with Crippen molar-refractivity contribution in [3.63, 3.8) is 0 Å². The van der Waals surface area contributed by atoms with Crippen LogP contribution < -0.4 is 0 Å². The SMILES string of the molecule is Cc1ccc(C(O)C2C3C4CCC(C4)C32)cc1C. The van der Waals surface area contributed by atoms with Crippen molar-refractivity contribution in [1.29, 1.82) is 0 Å². The number of hydrogen-bond donors (Lipinski definition) is 1. The van der Waals surface area contributed by atoms with E-state index in [1.807, 2.05) is 0 Å². The highest BCUT2D eigenvalue weighted by atomic mass is 16.3. The highest BCUT2D eigenvalue weighted by Crippen LogP contribution is 2.72. The Balaban J connectivity index is 1.58. The first-order chi connectivity index (χ1) is 8.66. The Labute approximate surface area is 109 Å². The molecule has 1 aromatic carbocycles. The van der Waals surface area contributed by atoms with Crippen LogP contribution in [-0.4, -0.2) is 5.11 Å². The number of hydrogen-bond acceptors (Lipinski definition) is 1. The van der Waals surface area contributed by atoms with Gasteiger partial charge in [0.2, 0.25) is 0 Å². The fraction of sp³-hybridized carbons (Fsp3) is 0.647. The standard InChI is InChI=1S/C17H22O/c1-9-3-4-13(7-10(9)2)17(18)16-14-11-5-6-12(8-11)15(14)16/h3-4,7,11-12,14-18H,5-6,8H2,1-2H3. The summed E-state index contributed by atoms with van der Waals surface area (Å²) in [6.07, 6.45) is 4.12. The zero-order chi connectivity index (χ0) is 12.4. The minimum Gasteiger partial charge on any atom is -0.388 e. The minimum absolute atomic E-state index is 0.206. The summed E-state index contributed by atoms with van der Waals surface area (Å²) in [5.41, 5.74) is 3.78. The molecule has 0 aromatic heterocycles. The molecule has 0 aliphatic heterocycles. The van der Waals surface area contributed by atoms with Crippen LogP contribution in [0.5, 0.6) is 0 Å². The fourth-order valence-electron chi connectivity index (χ4n) is 4.99. The van der Waals surface area contributed by atoms with Gasteiger partial charge < -0.3 is 5.11 Å². The Hall–Kier alpha value is -0.820. The van der Waals surface area contributed by atoms with Gasteiger partial charge in [-0.05, 0) is 79.4 Å². The summed E-state index contributed by atoms with van der Waals surface area (Å²) in [6, 6.07) is 6.47. The van der Waals surface area contributed by atoms with Gasteiger partial charge in [-0.1, -0.05) is 18.2 Å². The monoisotopic (exact) mass is 242 g/mol. The second-order valence-electron chi connectivity index (χ2n) is 6.85. The van der Waals surface area contributed by atoms with Crippen LogP contribution in [0.25, 0.3) is 0 Å². The fourth-order valence-corrected chi connectivity index (χ4v) is 4.99. The van der Waals surface area contributed by atoms with Gasteiger partial charge >= 0.3 is 0 Å². The van der Waals surface area contributed by atoms with E-state index < -0.39 is 0 Å². The van der Waals surface area contributed by atoms with Crippen molar-refractivity contribution in [3.8, 4) is 0 Å². The number of aliphatic hydroxyl groups excluding tert-OH is 1. The van der Waals surface area contributed by atoms with Crippen molar-refractivity contribution in [2.45, 2.75) is 39.2 Å². The molecule has 5 atom stereocenters. The van der Waals surface area contributed by atoms with E-state index >= 15 is 0 Å². The third-order valence-electron chi connectivity index (χ3n) is 6.03. The lowest BCUT2D eigenvalue weighted by molar-refractivity contribution is 0.130. The molecule has 3 aliphatic carbocycles. The molecule has 1 nitrogen and oxygen atoms in total. The van der Waals surface area contributed by atoms with Crippen molar-refractivity contribution in [2.75, 3.05) is 0 Å². The lowest BCUT2D eigenvalue weighted by Crippen LogP contribution is -2.08. The zero-order valence-electron chi connectivity index (χ0n) is 11.3. The lowest BCUT2D eigenvalue weighted by atomic mass is 9.93. The lowest BCUT2D eigenvalue weighted by Gasteiger charge is -2.16. The molecule has 5 unspecified atom stereocenters. The molecule has 0 radical (unpaired) electrons. The van der Waals surface area contributed by atoms with Crippen LogP contribution in [-0.2, 0) is 0 Å². The van der Waals surface area contributed by atoms with Gasteiger partial charge in [-0.2, -0.15) is 0 Å². The van der Waals surface area contributed by atoms with E-state index in [0.29, 0.717) is 5.92 Å². The smallest absolute Gasteiger partial charge is 0.0824 e. The van der Waals surface area contributed by atoms with Gasteiger partial charge in [0, 0.05) is 0 Å². The third-order valence-corrected chi connectivity index (χ3v) is 6.03. The average molecular weight is 242 g/mol. The molecule has 2 bridgehead atoms. The first-order valence-corrected chi connectivity index (χ1v) is 7.42. The van der Waals surface area contributed by atoms with Gasteiger partial charge in [-0.15, -0.1) is 0 Å². The second-order valence-corrected chi connectivity index (χ2v) is 6.85. The second kappa shape index (κ2) is 3.60. The molecule has 0 heterocycles. The van der Waals surface area contributed by atoms with Crippen LogP contribution >= 0.6 is 0 Å². The van der Waals surface area contributed by atoms with Crippen molar-refractivity contribution >= 4 is 0 Å². The number of fused-ring (bicyclic) bond motifs is 5. The van der Waals surface area contributed by atoms with E-state index in [2.05, 4.69) is 32.0 Å². The molecule has 18 heavy (non-hydrogen) atoms. The van der Waals surface area contributed by atoms with Crippen LogP contribution in [0.4, 0.5) is 0 Å². The first-order valence-electron chi connectivity index (χ1n) is 7.42. The van der Waals surface area contributed by atoms with Crippen molar-refractivity contribution in [1.82, 2.24) is 0 Å². The van der Waals surface area contributed by atoms with Gasteiger partial charge in [0.25, 0.3) is 0 Å². The number of benzene rings is 1. The summed E-state index contributed by atoms with van der Waals surface area (Å²) in [7, 11) is 0. The van der Waals surface area contributed by atoms with Gasteiger partial charge in [0.05, 0.1) is 6.10 Å². The molecule has 1 heteroatoms. The Morgan fingerprint density at radius 1 is 1.06 bits per heavy atom. The van der Waals surface area contributed by atoms with E-state index in [9.17, 15) is 5.11 Å². The Bertz CT molecular complexity index is 476. The molecule has 3 fully saturated rings. The minimum atomic E-state index is -0.206. The normalized spacial score (nSPS) is 41.8. The molecular weight excluding hydrogens is 220 g/mol. The number of aryl methyl sites for hydroxylation is 2. The van der Waals surface area contributed by atoms with Crippen LogP contribution in [0.3, 0.4) is 0 Å². The van der Waals surface area contributed by atoms with Gasteiger partial charge in [0.1, 0.15) is 0 Å². The summed E-state index contributed by atoms with van der Waals surface area (Å²) in [5, 5.41) is 10.6. The van der Waals surface area contributed by atoms with Gasteiger partial charge in [-0.3, -0.25) is 0 Å². The van der Waals surface area contributed by atoms with Gasteiger partial charge in [0.15, 0.2) is 0 Å². The van der Waals surface area contributed by atoms with Crippen LogP contribution in [0.2, 0.25) is 0 Å². The van der Waals surface area contributed by atoms with E-state index in [-0.39, 0.29) is 6.10 Å². The highest BCUT2D eigenvalue weighted by molar-refractivity contribution is 5.33. The summed E-state index contributed by atoms with van der Waals surface area (Å²) in [5.74, 6) is 4.21. The Morgan fingerprint density at radius 3 is 2.33 bits per heavy atom. The van der Waals surface area contributed by atoms with E-state index in [1.54, 1.807) is 0 Å². The van der Waals surface area contributed by atoms with Crippen LogP contribution in [0.15, 0.2) is 18.2 Å². The molecule has 1 aromatic rings. The quantitative estimate of drug-likeness (QED) is 0.839. The summed E-state index contributed by atoms with van der Waals surface area (Å²) in [6.45, 7) is 4.28. The largest absolute Gasteiger partial charge is 0.388 e. The summed E-state index contributed by atoms with van der Waals surface area (Å²) < 4.78 is 0.